The summed E-state index contributed by atoms with van der Waals surface area (Å²) in [5.41, 5.74) is 5.50. The van der Waals surface area contributed by atoms with E-state index in [2.05, 4.69) is 27.4 Å². The van der Waals surface area contributed by atoms with Gasteiger partial charge in [0.15, 0.2) is 11.5 Å². The van der Waals surface area contributed by atoms with Gasteiger partial charge in [-0.3, -0.25) is 4.79 Å². The van der Waals surface area contributed by atoms with Gasteiger partial charge in [0.05, 0.1) is 19.9 Å². The molecule has 3 aromatic rings. The maximum atomic E-state index is 12.9. The second kappa shape index (κ2) is 11.6. The highest BCUT2D eigenvalue weighted by atomic mass is 16.5. The first-order valence-electron chi connectivity index (χ1n) is 10.8. The lowest BCUT2D eigenvalue weighted by molar-refractivity contribution is -0.123. The van der Waals surface area contributed by atoms with Crippen molar-refractivity contribution < 1.29 is 24.2 Å². The van der Waals surface area contributed by atoms with E-state index in [1.807, 2.05) is 30.5 Å². The summed E-state index contributed by atoms with van der Waals surface area (Å²) in [6.07, 6.45) is 4.88. The van der Waals surface area contributed by atoms with Gasteiger partial charge < -0.3 is 24.9 Å². The molecule has 2 amide bonds. The van der Waals surface area contributed by atoms with E-state index in [4.69, 9.17) is 9.47 Å². The van der Waals surface area contributed by atoms with Gasteiger partial charge in [-0.2, -0.15) is 5.10 Å². The second-order valence-corrected chi connectivity index (χ2v) is 7.44. The van der Waals surface area contributed by atoms with E-state index in [-0.39, 0.29) is 24.5 Å². The molecule has 1 aromatic heterocycles. The average Bonchev–Trinajstić information content (AvgIpc) is 3.23. The third-order valence-electron chi connectivity index (χ3n) is 5.13. The Bertz CT molecular complexity index is 1200. The minimum atomic E-state index is -0.916. The summed E-state index contributed by atoms with van der Waals surface area (Å²) in [6, 6.07) is 10.1. The molecule has 178 valence electrons. The number of para-hydroxylation sites is 1. The van der Waals surface area contributed by atoms with E-state index < -0.39 is 18.0 Å². The number of aromatic amines is 1. The number of ether oxygens (including phenoxy) is 2. The molecule has 0 unspecified atom stereocenters. The van der Waals surface area contributed by atoms with Crippen LogP contribution in [0.4, 0.5) is 4.79 Å². The van der Waals surface area contributed by atoms with Gasteiger partial charge >= 0.3 is 6.09 Å². The number of methoxy groups -OCH3 is 1. The lowest BCUT2D eigenvalue weighted by atomic mass is 10.0. The highest BCUT2D eigenvalue weighted by molar-refractivity contribution is 5.89. The number of aromatic nitrogens is 1. The fraction of sp³-hybridized carbons (Fsp3) is 0.240. The van der Waals surface area contributed by atoms with Gasteiger partial charge in [-0.15, -0.1) is 6.58 Å². The van der Waals surface area contributed by atoms with Crippen molar-refractivity contribution in [2.45, 2.75) is 25.8 Å². The average molecular weight is 465 g/mol. The Labute approximate surface area is 197 Å². The van der Waals surface area contributed by atoms with Crippen molar-refractivity contribution in [1.82, 2.24) is 15.7 Å². The van der Waals surface area contributed by atoms with Crippen molar-refractivity contribution in [3.05, 3.63) is 71.9 Å². The molecule has 0 aliphatic carbocycles. The van der Waals surface area contributed by atoms with Crippen LogP contribution in [0.15, 0.2) is 60.4 Å². The molecule has 3 rings (SSSR count). The Kier molecular flexibility index (Phi) is 8.28. The van der Waals surface area contributed by atoms with Crippen LogP contribution in [0, 0.1) is 0 Å². The molecular weight excluding hydrogens is 436 g/mol. The van der Waals surface area contributed by atoms with Crippen LogP contribution in [0.25, 0.3) is 10.9 Å². The Balaban J connectivity index is 1.77. The van der Waals surface area contributed by atoms with E-state index >= 15 is 0 Å². The molecule has 0 bridgehead atoms. The number of carbonyl (C=O) groups is 2. The lowest BCUT2D eigenvalue weighted by Crippen LogP contribution is -2.47. The molecule has 9 heteroatoms. The van der Waals surface area contributed by atoms with Gasteiger partial charge in [0, 0.05) is 29.1 Å². The third kappa shape index (κ3) is 5.94. The Morgan fingerprint density at radius 3 is 2.79 bits per heavy atom. The van der Waals surface area contributed by atoms with E-state index in [1.165, 1.54) is 13.3 Å². The van der Waals surface area contributed by atoms with Crippen molar-refractivity contribution in [1.29, 1.82) is 0 Å². The first-order chi connectivity index (χ1) is 16.5. The van der Waals surface area contributed by atoms with Gasteiger partial charge in [0.1, 0.15) is 6.04 Å². The monoisotopic (exact) mass is 464 g/mol. The van der Waals surface area contributed by atoms with Gasteiger partial charge in [0.2, 0.25) is 0 Å². The number of amides is 2. The second-order valence-electron chi connectivity index (χ2n) is 7.44. The molecule has 34 heavy (non-hydrogen) atoms. The first kappa shape index (κ1) is 24.4. The quantitative estimate of drug-likeness (QED) is 0.208. The summed E-state index contributed by atoms with van der Waals surface area (Å²) in [7, 11) is 1.45. The molecule has 0 radical (unpaired) electrons. The number of allylic oxidation sites excluding steroid dienone is 1. The number of phenols is 1. The Morgan fingerprint density at radius 2 is 2.06 bits per heavy atom. The zero-order valence-electron chi connectivity index (χ0n) is 19.1. The molecule has 0 spiro atoms. The largest absolute Gasteiger partial charge is 0.504 e. The first-order valence-corrected chi connectivity index (χ1v) is 10.8. The number of hydrazone groups is 1. The van der Waals surface area contributed by atoms with Crippen molar-refractivity contribution in [2.75, 3.05) is 13.7 Å². The van der Waals surface area contributed by atoms with E-state index in [0.717, 1.165) is 16.5 Å². The number of phenolic OH excluding ortho intramolecular Hbond substituents is 1. The lowest BCUT2D eigenvalue weighted by Gasteiger charge is -2.16. The maximum absolute atomic E-state index is 12.9. The number of fused-ring (bicyclic) bond motifs is 1. The number of alkyl carbamates (subject to hydrolysis) is 1. The van der Waals surface area contributed by atoms with Crippen LogP contribution >= 0.6 is 0 Å². The fourth-order valence-electron chi connectivity index (χ4n) is 3.52. The molecule has 0 fully saturated rings. The number of carbonyl (C=O) groups excluding carboxylic acids is 2. The van der Waals surface area contributed by atoms with Crippen LogP contribution in [0.1, 0.15) is 23.6 Å². The SMILES string of the molecule is C=CCc1cc(/C=N\NC(=O)[C@@H](Cc2c[nH]c3ccccc23)NC(=O)OCC)cc(OC)c1O. The number of hydrogen-bond acceptors (Lipinski definition) is 6. The van der Waals surface area contributed by atoms with Crippen molar-refractivity contribution in [2.24, 2.45) is 5.10 Å². The maximum Gasteiger partial charge on any atom is 0.407 e. The van der Waals surface area contributed by atoms with Crippen LogP contribution < -0.4 is 15.5 Å². The van der Waals surface area contributed by atoms with Crippen LogP contribution in [0.3, 0.4) is 0 Å². The van der Waals surface area contributed by atoms with Crippen molar-refractivity contribution in [3.63, 3.8) is 0 Å². The summed E-state index contributed by atoms with van der Waals surface area (Å²) in [4.78, 5) is 28.1. The predicted octanol–water partition coefficient (Wildman–Crippen LogP) is 3.42. The zero-order valence-corrected chi connectivity index (χ0v) is 19.1. The van der Waals surface area contributed by atoms with Crippen molar-refractivity contribution >= 4 is 29.1 Å². The molecule has 1 heterocycles. The summed E-state index contributed by atoms with van der Waals surface area (Å²) in [5.74, 6) is -0.194. The molecule has 0 saturated heterocycles. The Hall–Kier alpha value is -4.27. The van der Waals surface area contributed by atoms with Crippen LogP contribution in [-0.2, 0) is 22.4 Å². The van der Waals surface area contributed by atoms with Gasteiger partial charge in [-0.25, -0.2) is 10.2 Å². The summed E-state index contributed by atoms with van der Waals surface area (Å²) in [6.45, 7) is 5.55. The third-order valence-corrected chi connectivity index (χ3v) is 5.13. The number of aromatic hydroxyl groups is 1. The summed E-state index contributed by atoms with van der Waals surface area (Å²) < 4.78 is 10.2. The standard InChI is InChI=1S/C25H28N4O5/c1-4-8-17-11-16(12-22(33-3)23(17)30)14-27-29-24(31)21(28-25(32)34-5-2)13-18-15-26-20-10-7-6-9-19(18)20/h4,6-7,9-12,14-15,21,26,30H,1,5,8,13H2,2-3H3,(H,28,32)(H,29,31)/b27-14-/t21-/m1/s1. The van der Waals surface area contributed by atoms with Gasteiger partial charge in [0.25, 0.3) is 5.91 Å². The topological polar surface area (TPSA) is 125 Å². The Morgan fingerprint density at radius 1 is 1.26 bits per heavy atom. The molecule has 0 saturated carbocycles. The van der Waals surface area contributed by atoms with Crippen LogP contribution in [-0.4, -0.2) is 48.1 Å². The van der Waals surface area contributed by atoms with Crippen LogP contribution in [0.5, 0.6) is 11.5 Å². The highest BCUT2D eigenvalue weighted by Gasteiger charge is 2.23. The van der Waals surface area contributed by atoms with Gasteiger partial charge in [-0.05, 0) is 42.7 Å². The predicted molar refractivity (Wildman–Crippen MR) is 130 cm³/mol. The molecule has 0 aliphatic rings. The molecule has 4 N–H and O–H groups in total. The number of rotatable bonds is 10. The van der Waals surface area contributed by atoms with Gasteiger partial charge in [-0.1, -0.05) is 24.3 Å². The molecular formula is C25H28N4O5. The molecule has 1 atom stereocenters. The molecule has 9 nitrogen and oxygen atoms in total. The number of benzene rings is 2. The molecule has 2 aromatic carbocycles. The van der Waals surface area contributed by atoms with Crippen molar-refractivity contribution in [3.8, 4) is 11.5 Å². The van der Waals surface area contributed by atoms with E-state index in [1.54, 1.807) is 25.1 Å². The smallest absolute Gasteiger partial charge is 0.407 e. The van der Waals surface area contributed by atoms with E-state index in [9.17, 15) is 14.7 Å². The van der Waals surface area contributed by atoms with Crippen LogP contribution in [0.2, 0.25) is 0 Å². The minimum absolute atomic E-state index is 0.0287. The summed E-state index contributed by atoms with van der Waals surface area (Å²) >= 11 is 0. The number of nitrogens with zero attached hydrogens (tertiary/aromatic N) is 1. The molecule has 0 aliphatic heterocycles. The summed E-state index contributed by atoms with van der Waals surface area (Å²) in [5, 5.41) is 17.8. The van der Waals surface area contributed by atoms with E-state index in [0.29, 0.717) is 17.5 Å². The normalized spacial score (nSPS) is 11.8. The highest BCUT2D eigenvalue weighted by Crippen LogP contribution is 2.31. The number of hydrogen-bond donors (Lipinski definition) is 4. The zero-order chi connectivity index (χ0) is 24.5. The number of nitrogens with one attached hydrogen (secondary N) is 3. The minimum Gasteiger partial charge on any atom is -0.504 e. The number of H-pyrrole nitrogens is 1. The fourth-order valence-corrected chi connectivity index (χ4v) is 3.52.